The van der Waals surface area contributed by atoms with Gasteiger partial charge in [0.1, 0.15) is 0 Å². The van der Waals surface area contributed by atoms with Gasteiger partial charge in [-0.1, -0.05) is 38.0 Å². The fourth-order valence-electron chi connectivity index (χ4n) is 3.48. The molecule has 1 aromatic rings. The zero-order chi connectivity index (χ0) is 18.4. The molecule has 0 aliphatic carbocycles. The summed E-state index contributed by atoms with van der Waals surface area (Å²) in [6.45, 7) is 5.72. The number of rotatable bonds is 6. The second-order valence-corrected chi connectivity index (χ2v) is 8.72. The fourth-order valence-corrected chi connectivity index (χ4v) is 4.50. The minimum absolute atomic E-state index is 0.0576. The van der Waals surface area contributed by atoms with Gasteiger partial charge in [-0.3, -0.25) is 9.10 Å². The van der Waals surface area contributed by atoms with Crippen molar-refractivity contribution in [2.75, 3.05) is 30.2 Å². The number of benzene rings is 1. The molecule has 25 heavy (non-hydrogen) atoms. The average Bonchev–Trinajstić information content (AvgIpc) is 2.84. The monoisotopic (exact) mass is 366 g/mol. The van der Waals surface area contributed by atoms with Crippen molar-refractivity contribution in [2.24, 2.45) is 0 Å². The molecule has 0 spiro atoms. The molecule has 1 aliphatic heterocycles. The van der Waals surface area contributed by atoms with Gasteiger partial charge >= 0.3 is 0 Å². The number of carbonyl (C=O) groups excluding carboxylic acids is 1. The van der Waals surface area contributed by atoms with Crippen LogP contribution in [0.3, 0.4) is 0 Å². The van der Waals surface area contributed by atoms with Crippen LogP contribution in [0.25, 0.3) is 0 Å². The Labute approximate surface area is 152 Å². The Morgan fingerprint density at radius 1 is 1.16 bits per heavy atom. The van der Waals surface area contributed by atoms with Gasteiger partial charge in [-0.05, 0) is 37.3 Å². The Kier molecular flexibility index (Phi) is 6.87. The molecular weight excluding hydrogens is 336 g/mol. The van der Waals surface area contributed by atoms with E-state index >= 15 is 0 Å². The second kappa shape index (κ2) is 8.70. The van der Waals surface area contributed by atoms with E-state index in [4.69, 9.17) is 0 Å². The van der Waals surface area contributed by atoms with Crippen LogP contribution in [0.2, 0.25) is 0 Å². The molecule has 0 bridgehead atoms. The van der Waals surface area contributed by atoms with Gasteiger partial charge < -0.3 is 4.90 Å². The minimum atomic E-state index is -3.44. The smallest absolute Gasteiger partial charge is 0.232 e. The number of amides is 1. The van der Waals surface area contributed by atoms with Crippen LogP contribution in [0.4, 0.5) is 5.69 Å². The first-order valence-corrected chi connectivity index (χ1v) is 11.0. The molecule has 1 fully saturated rings. The van der Waals surface area contributed by atoms with E-state index in [9.17, 15) is 13.2 Å². The number of aryl methyl sites for hydroxylation is 2. The van der Waals surface area contributed by atoms with Crippen LogP contribution in [0.15, 0.2) is 18.2 Å². The van der Waals surface area contributed by atoms with Crippen molar-refractivity contribution in [1.82, 2.24) is 4.90 Å². The average molecular weight is 367 g/mol. The van der Waals surface area contributed by atoms with Gasteiger partial charge in [-0.2, -0.15) is 0 Å². The maximum atomic E-state index is 12.6. The summed E-state index contributed by atoms with van der Waals surface area (Å²) in [6, 6.07) is 5.82. The van der Waals surface area contributed by atoms with Gasteiger partial charge in [0.2, 0.25) is 15.9 Å². The fraction of sp³-hybridized carbons (Fsp3) is 0.632. The summed E-state index contributed by atoms with van der Waals surface area (Å²) in [5.74, 6) is 0.0576. The van der Waals surface area contributed by atoms with Crippen LogP contribution in [-0.2, 0) is 21.2 Å². The predicted octanol–water partition coefficient (Wildman–Crippen LogP) is 3.12. The van der Waals surface area contributed by atoms with Crippen LogP contribution in [0.5, 0.6) is 0 Å². The number of carbonyl (C=O) groups is 1. The first kappa shape index (κ1) is 19.8. The maximum absolute atomic E-state index is 12.6. The SMILES string of the molecule is CCc1cccc(C)c1N(CCC(=O)N1CCCCCC1)S(C)(=O)=O. The quantitative estimate of drug-likeness (QED) is 0.777. The summed E-state index contributed by atoms with van der Waals surface area (Å²) in [4.78, 5) is 14.5. The van der Waals surface area contributed by atoms with Crippen LogP contribution < -0.4 is 4.31 Å². The summed E-state index contributed by atoms with van der Waals surface area (Å²) >= 11 is 0. The van der Waals surface area contributed by atoms with Crippen molar-refractivity contribution < 1.29 is 13.2 Å². The molecule has 2 rings (SSSR count). The molecule has 140 valence electrons. The van der Waals surface area contributed by atoms with Gasteiger partial charge in [0, 0.05) is 26.1 Å². The third-order valence-electron chi connectivity index (χ3n) is 4.84. The highest BCUT2D eigenvalue weighted by atomic mass is 32.2. The number of para-hydroxylation sites is 1. The number of sulfonamides is 1. The Hall–Kier alpha value is -1.56. The summed E-state index contributed by atoms with van der Waals surface area (Å²) in [5.41, 5.74) is 2.65. The van der Waals surface area contributed by atoms with Crippen LogP contribution >= 0.6 is 0 Å². The van der Waals surface area contributed by atoms with E-state index in [-0.39, 0.29) is 18.9 Å². The van der Waals surface area contributed by atoms with Gasteiger partial charge in [0.25, 0.3) is 0 Å². The summed E-state index contributed by atoms with van der Waals surface area (Å²) < 4.78 is 26.2. The highest BCUT2D eigenvalue weighted by Crippen LogP contribution is 2.28. The molecule has 1 aromatic carbocycles. The highest BCUT2D eigenvalue weighted by Gasteiger charge is 2.24. The van der Waals surface area contributed by atoms with Crippen molar-refractivity contribution in [3.63, 3.8) is 0 Å². The van der Waals surface area contributed by atoms with Gasteiger partial charge in [0.05, 0.1) is 11.9 Å². The van der Waals surface area contributed by atoms with Crippen LogP contribution in [0.1, 0.15) is 50.2 Å². The number of hydrogen-bond donors (Lipinski definition) is 0. The first-order valence-electron chi connectivity index (χ1n) is 9.18. The summed E-state index contributed by atoms with van der Waals surface area (Å²) in [7, 11) is -3.44. The van der Waals surface area contributed by atoms with Crippen molar-refractivity contribution in [2.45, 2.75) is 52.4 Å². The van der Waals surface area contributed by atoms with Crippen molar-refractivity contribution in [1.29, 1.82) is 0 Å². The number of anilines is 1. The Bertz CT molecular complexity index is 693. The lowest BCUT2D eigenvalue weighted by Crippen LogP contribution is -2.38. The Morgan fingerprint density at radius 2 is 1.80 bits per heavy atom. The van der Waals surface area contributed by atoms with E-state index < -0.39 is 10.0 Å². The lowest BCUT2D eigenvalue weighted by molar-refractivity contribution is -0.130. The zero-order valence-corrected chi connectivity index (χ0v) is 16.4. The summed E-state index contributed by atoms with van der Waals surface area (Å²) in [5, 5.41) is 0. The standard InChI is InChI=1S/C19H30N2O3S/c1-4-17-11-9-10-16(2)19(17)21(25(3,23)24)15-12-18(22)20-13-7-5-6-8-14-20/h9-11H,4-8,12-15H2,1-3H3. The second-order valence-electron chi connectivity index (χ2n) is 6.82. The third kappa shape index (κ3) is 5.21. The number of nitrogens with zero attached hydrogens (tertiary/aromatic N) is 2. The van der Waals surface area contributed by atoms with Crippen LogP contribution in [-0.4, -0.2) is 45.1 Å². The normalized spacial score (nSPS) is 15.7. The van der Waals surface area contributed by atoms with Gasteiger partial charge in [0.15, 0.2) is 0 Å². The molecule has 6 heteroatoms. The van der Waals surface area contributed by atoms with Gasteiger partial charge in [-0.25, -0.2) is 8.42 Å². The predicted molar refractivity (Wildman–Crippen MR) is 102 cm³/mol. The number of hydrogen-bond acceptors (Lipinski definition) is 3. The molecule has 0 aromatic heterocycles. The minimum Gasteiger partial charge on any atom is -0.343 e. The van der Waals surface area contributed by atoms with Crippen molar-refractivity contribution in [3.8, 4) is 0 Å². The van der Waals surface area contributed by atoms with E-state index in [2.05, 4.69) is 0 Å². The van der Waals surface area contributed by atoms with E-state index in [1.165, 1.54) is 23.4 Å². The lowest BCUT2D eigenvalue weighted by Gasteiger charge is -2.28. The molecule has 1 amide bonds. The van der Waals surface area contributed by atoms with Crippen molar-refractivity contribution >= 4 is 21.6 Å². The molecular formula is C19H30N2O3S. The maximum Gasteiger partial charge on any atom is 0.232 e. The number of likely N-dealkylation sites (tertiary alicyclic amines) is 1. The molecule has 0 atom stereocenters. The largest absolute Gasteiger partial charge is 0.343 e. The molecule has 0 saturated carbocycles. The van der Waals surface area contributed by atoms with Crippen molar-refractivity contribution in [3.05, 3.63) is 29.3 Å². The van der Waals surface area contributed by atoms with Crippen LogP contribution in [0, 0.1) is 6.92 Å². The molecule has 1 saturated heterocycles. The van der Waals surface area contributed by atoms with Gasteiger partial charge in [-0.15, -0.1) is 0 Å². The highest BCUT2D eigenvalue weighted by molar-refractivity contribution is 7.92. The summed E-state index contributed by atoms with van der Waals surface area (Å²) in [6.07, 6.45) is 6.62. The van der Waals surface area contributed by atoms with E-state index in [0.717, 1.165) is 49.2 Å². The van der Waals surface area contributed by atoms with E-state index in [1.807, 2.05) is 36.9 Å². The Morgan fingerprint density at radius 3 is 2.36 bits per heavy atom. The molecule has 0 N–H and O–H groups in total. The molecule has 0 radical (unpaired) electrons. The van der Waals surface area contributed by atoms with E-state index in [0.29, 0.717) is 0 Å². The van der Waals surface area contributed by atoms with E-state index in [1.54, 1.807) is 0 Å². The molecule has 0 unspecified atom stereocenters. The zero-order valence-electron chi connectivity index (χ0n) is 15.6. The third-order valence-corrected chi connectivity index (χ3v) is 6.01. The Balaban J connectivity index is 2.18. The molecule has 1 aliphatic rings. The topological polar surface area (TPSA) is 57.7 Å². The molecule has 1 heterocycles. The lowest BCUT2D eigenvalue weighted by atomic mass is 10.1. The first-order chi connectivity index (χ1) is 11.8. The molecule has 5 nitrogen and oxygen atoms in total.